The Labute approximate surface area is 252 Å². The molecule has 0 heterocycles. The summed E-state index contributed by atoms with van der Waals surface area (Å²) in [6.07, 6.45) is 0.306. The van der Waals surface area contributed by atoms with Crippen LogP contribution in [0.5, 0.6) is 17.2 Å². The van der Waals surface area contributed by atoms with E-state index in [-0.39, 0.29) is 39.6 Å². The molecule has 0 spiro atoms. The van der Waals surface area contributed by atoms with E-state index in [1.165, 1.54) is 63.6 Å². The van der Waals surface area contributed by atoms with Crippen LogP contribution in [0.3, 0.4) is 0 Å². The summed E-state index contributed by atoms with van der Waals surface area (Å²) in [7, 11) is 1.29. The molecule has 0 saturated heterocycles. The van der Waals surface area contributed by atoms with E-state index in [9.17, 15) is 18.0 Å². The van der Waals surface area contributed by atoms with E-state index in [0.717, 1.165) is 15.4 Å². The van der Waals surface area contributed by atoms with Crippen molar-refractivity contribution in [2.24, 2.45) is 0 Å². The van der Waals surface area contributed by atoms with Gasteiger partial charge >= 0.3 is 0 Å². The number of amides is 2. The topological polar surface area (TPSA) is 114 Å². The quantitative estimate of drug-likeness (QED) is 0.302. The molecule has 42 heavy (non-hydrogen) atoms. The molecule has 0 saturated carbocycles. The second kappa shape index (κ2) is 14.3. The average Bonchev–Trinajstić information content (AvgIpc) is 2.99. The number of hydrogen-bond donors (Lipinski definition) is 1. The third-order valence-corrected chi connectivity index (χ3v) is 8.86. The molecule has 1 atom stereocenters. The van der Waals surface area contributed by atoms with Crippen LogP contribution in [0.4, 0.5) is 5.69 Å². The molecule has 0 radical (unpaired) electrons. The average molecular weight is 618 g/mol. The minimum Gasteiger partial charge on any atom is -0.495 e. The zero-order chi connectivity index (χ0) is 31.0. The fourth-order valence-electron chi connectivity index (χ4n) is 4.53. The summed E-state index contributed by atoms with van der Waals surface area (Å²) < 4.78 is 45.5. The Morgan fingerprint density at radius 1 is 0.929 bits per heavy atom. The summed E-state index contributed by atoms with van der Waals surface area (Å²) >= 11 is 6.30. The molecular weight excluding hydrogens is 582 g/mol. The van der Waals surface area contributed by atoms with Gasteiger partial charge in [0.15, 0.2) is 11.5 Å². The minimum atomic E-state index is -4.42. The number of nitrogens with one attached hydrogen (secondary N) is 1. The van der Waals surface area contributed by atoms with Gasteiger partial charge in [-0.3, -0.25) is 13.9 Å². The fraction of sp³-hybridized carbons (Fsp3) is 0.333. The lowest BCUT2D eigenvalue weighted by molar-refractivity contribution is -0.140. The first-order valence-electron chi connectivity index (χ1n) is 13.2. The minimum absolute atomic E-state index is 0.0527. The molecule has 0 aliphatic heterocycles. The van der Waals surface area contributed by atoms with Crippen molar-refractivity contribution in [2.75, 3.05) is 39.2 Å². The molecule has 0 bridgehead atoms. The summed E-state index contributed by atoms with van der Waals surface area (Å²) in [5, 5.41) is 2.85. The van der Waals surface area contributed by atoms with Crippen molar-refractivity contribution in [1.29, 1.82) is 0 Å². The number of rotatable bonds is 13. The number of carbonyl (C=O) groups excluding carboxylic acids is 2. The van der Waals surface area contributed by atoms with Crippen LogP contribution in [-0.4, -0.2) is 66.1 Å². The molecule has 3 aromatic carbocycles. The van der Waals surface area contributed by atoms with Crippen molar-refractivity contribution in [3.8, 4) is 17.2 Å². The number of aryl methyl sites for hydroxylation is 1. The molecule has 3 rings (SSSR count). The van der Waals surface area contributed by atoms with Crippen LogP contribution in [-0.2, 0) is 26.2 Å². The molecule has 3 aromatic rings. The summed E-state index contributed by atoms with van der Waals surface area (Å²) in [4.78, 5) is 28.3. The number of nitrogens with zero attached hydrogens (tertiary/aromatic N) is 2. The van der Waals surface area contributed by atoms with E-state index in [4.69, 9.17) is 25.8 Å². The third-order valence-electron chi connectivity index (χ3n) is 6.87. The lowest BCUT2D eigenvalue weighted by atomic mass is 10.1. The number of carbonyl (C=O) groups is 2. The molecular formula is C30H36ClN3O7S. The molecule has 0 aliphatic carbocycles. The van der Waals surface area contributed by atoms with Gasteiger partial charge in [0.2, 0.25) is 11.8 Å². The smallest absolute Gasteiger partial charge is 0.265 e. The van der Waals surface area contributed by atoms with Gasteiger partial charge in [0.05, 0.1) is 31.9 Å². The Kier molecular flexibility index (Phi) is 11.1. The first kappa shape index (κ1) is 32.6. The van der Waals surface area contributed by atoms with E-state index >= 15 is 0 Å². The first-order chi connectivity index (χ1) is 20.0. The van der Waals surface area contributed by atoms with Crippen molar-refractivity contribution in [2.45, 2.75) is 37.8 Å². The Bertz CT molecular complexity index is 1530. The standard InChI is InChI=1S/C30H36ClN3O7S/c1-7-24(30(36)32-3)33(18-21-11-9-8-10-20(21)2)29(35)19-34(25-16-22(31)12-14-26(25)39-4)42(37,38)23-13-15-27(40-5)28(17-23)41-6/h8-17,24H,7,18-19H2,1-6H3,(H,32,36)/t24-/m1/s1. The summed E-state index contributed by atoms with van der Waals surface area (Å²) in [6, 6.07) is 15.3. The first-order valence-corrected chi connectivity index (χ1v) is 15.0. The number of hydrogen-bond acceptors (Lipinski definition) is 7. The van der Waals surface area contributed by atoms with Crippen LogP contribution < -0.4 is 23.8 Å². The molecule has 12 heteroatoms. The summed E-state index contributed by atoms with van der Waals surface area (Å²) in [5.41, 5.74) is 1.80. The van der Waals surface area contributed by atoms with Gasteiger partial charge in [0.25, 0.3) is 10.0 Å². The Morgan fingerprint density at radius 2 is 1.57 bits per heavy atom. The van der Waals surface area contributed by atoms with E-state index in [2.05, 4.69) is 5.32 Å². The molecule has 0 fully saturated rings. The van der Waals surface area contributed by atoms with Gasteiger partial charge in [0, 0.05) is 24.7 Å². The van der Waals surface area contributed by atoms with Crippen LogP contribution in [0.25, 0.3) is 0 Å². The molecule has 2 amide bonds. The maximum absolute atomic E-state index is 14.3. The van der Waals surface area contributed by atoms with Gasteiger partial charge in [-0.2, -0.15) is 0 Å². The molecule has 1 N–H and O–H groups in total. The van der Waals surface area contributed by atoms with E-state index in [0.29, 0.717) is 12.2 Å². The number of halogens is 1. The summed E-state index contributed by atoms with van der Waals surface area (Å²) in [5.74, 6) is -0.260. The summed E-state index contributed by atoms with van der Waals surface area (Å²) in [6.45, 7) is 3.14. The van der Waals surface area contributed by atoms with Gasteiger partial charge < -0.3 is 24.4 Å². The molecule has 0 aromatic heterocycles. The Hall–Kier alpha value is -3.96. The maximum Gasteiger partial charge on any atom is 0.265 e. The van der Waals surface area contributed by atoms with Gasteiger partial charge in [-0.05, 0) is 54.8 Å². The van der Waals surface area contributed by atoms with E-state index < -0.39 is 28.5 Å². The second-order valence-corrected chi connectivity index (χ2v) is 11.6. The number of likely N-dealkylation sites (N-methyl/N-ethyl adjacent to an activating group) is 1. The molecule has 0 aliphatic rings. The zero-order valence-corrected chi connectivity index (χ0v) is 26.1. The van der Waals surface area contributed by atoms with Crippen LogP contribution in [0.2, 0.25) is 5.02 Å². The van der Waals surface area contributed by atoms with Gasteiger partial charge in [0.1, 0.15) is 18.3 Å². The molecule has 0 unspecified atom stereocenters. The number of methoxy groups -OCH3 is 3. The normalized spacial score (nSPS) is 11.8. The lowest BCUT2D eigenvalue weighted by Gasteiger charge is -2.33. The van der Waals surface area contributed by atoms with E-state index in [1.54, 1.807) is 13.0 Å². The number of benzene rings is 3. The highest BCUT2D eigenvalue weighted by molar-refractivity contribution is 7.92. The molecule has 226 valence electrons. The molecule has 10 nitrogen and oxygen atoms in total. The Balaban J connectivity index is 2.19. The van der Waals surface area contributed by atoms with Gasteiger partial charge in [-0.15, -0.1) is 0 Å². The highest BCUT2D eigenvalue weighted by Gasteiger charge is 2.35. The van der Waals surface area contributed by atoms with Crippen molar-refractivity contribution >= 4 is 39.1 Å². The predicted molar refractivity (Wildman–Crippen MR) is 162 cm³/mol. The van der Waals surface area contributed by atoms with Crippen molar-refractivity contribution in [3.63, 3.8) is 0 Å². The van der Waals surface area contributed by atoms with Crippen molar-refractivity contribution in [1.82, 2.24) is 10.2 Å². The van der Waals surface area contributed by atoms with Crippen LogP contribution in [0.15, 0.2) is 65.6 Å². The number of ether oxygens (including phenoxy) is 3. The largest absolute Gasteiger partial charge is 0.495 e. The van der Waals surface area contributed by atoms with Crippen LogP contribution >= 0.6 is 11.6 Å². The SMILES string of the molecule is CC[C@H](C(=O)NC)N(Cc1ccccc1C)C(=O)CN(c1cc(Cl)ccc1OC)S(=O)(=O)c1ccc(OC)c(OC)c1. The van der Waals surface area contributed by atoms with Crippen LogP contribution in [0, 0.1) is 6.92 Å². The van der Waals surface area contributed by atoms with Gasteiger partial charge in [-0.25, -0.2) is 8.42 Å². The van der Waals surface area contributed by atoms with Crippen molar-refractivity contribution in [3.05, 3.63) is 76.8 Å². The fourth-order valence-corrected chi connectivity index (χ4v) is 6.13. The maximum atomic E-state index is 14.3. The van der Waals surface area contributed by atoms with Gasteiger partial charge in [-0.1, -0.05) is 42.8 Å². The monoisotopic (exact) mass is 617 g/mol. The second-order valence-electron chi connectivity index (χ2n) is 9.33. The predicted octanol–water partition coefficient (Wildman–Crippen LogP) is 4.42. The lowest BCUT2D eigenvalue weighted by Crippen LogP contribution is -2.51. The highest BCUT2D eigenvalue weighted by atomic mass is 35.5. The highest BCUT2D eigenvalue weighted by Crippen LogP contribution is 2.37. The van der Waals surface area contributed by atoms with E-state index in [1.807, 2.05) is 31.2 Å². The number of sulfonamides is 1. The number of anilines is 1. The van der Waals surface area contributed by atoms with Crippen molar-refractivity contribution < 1.29 is 32.2 Å². The zero-order valence-electron chi connectivity index (χ0n) is 24.5. The van der Waals surface area contributed by atoms with Crippen LogP contribution in [0.1, 0.15) is 24.5 Å². The third kappa shape index (κ3) is 7.08. The Morgan fingerprint density at radius 3 is 2.17 bits per heavy atom.